The van der Waals surface area contributed by atoms with Crippen molar-refractivity contribution < 1.29 is 18.0 Å². The van der Waals surface area contributed by atoms with Crippen LogP contribution in [0.15, 0.2) is 174 Å². The average molecular weight is 932 g/mol. The summed E-state index contributed by atoms with van der Waals surface area (Å²) in [6.45, 7) is 6.38. The van der Waals surface area contributed by atoms with Crippen molar-refractivity contribution in [3.05, 3.63) is 178 Å². The normalized spacial score (nSPS) is 12.4. The van der Waals surface area contributed by atoms with E-state index >= 15 is 0 Å². The summed E-state index contributed by atoms with van der Waals surface area (Å²) in [6, 6.07) is 29.2. The molecule has 1 aliphatic rings. The summed E-state index contributed by atoms with van der Waals surface area (Å²) in [7, 11) is 0. The van der Waals surface area contributed by atoms with E-state index in [9.17, 15) is 9.59 Å². The zero-order valence-electron chi connectivity index (χ0n) is 35.3. The molecule has 2 aromatic carbocycles. The number of aromatic nitrogens is 9. The van der Waals surface area contributed by atoms with E-state index in [4.69, 9.17) is 18.0 Å². The van der Waals surface area contributed by atoms with Crippen LogP contribution in [-0.4, -0.2) is 57.3 Å². The number of aliphatic imine (C=N–C) groups is 1. The fourth-order valence-corrected chi connectivity index (χ4v) is 8.77. The molecule has 0 amide bonds. The predicted molar refractivity (Wildman–Crippen MR) is 257 cm³/mol. The van der Waals surface area contributed by atoms with Crippen molar-refractivity contribution in [2.24, 2.45) is 9.98 Å². The van der Waals surface area contributed by atoms with Crippen molar-refractivity contribution in [1.29, 1.82) is 0 Å². The summed E-state index contributed by atoms with van der Waals surface area (Å²) in [6.07, 6.45) is 9.75. The summed E-state index contributed by atoms with van der Waals surface area (Å²) in [4.78, 5) is 76.5. The Labute approximate surface area is 390 Å². The first-order valence-corrected chi connectivity index (χ1v) is 22.3. The van der Waals surface area contributed by atoms with Crippen LogP contribution in [0.4, 0.5) is 5.82 Å². The van der Waals surface area contributed by atoms with Gasteiger partial charge in [-0.2, -0.15) is 9.98 Å². The number of nitrogens with zero attached hydrogens (tertiary/aromatic N) is 11. The molecule has 0 saturated heterocycles. The number of fused-ring (bicyclic) bond motifs is 4. The van der Waals surface area contributed by atoms with Gasteiger partial charge in [-0.05, 0) is 79.7 Å². The zero-order valence-corrected chi connectivity index (χ0v) is 36.9. The molecule has 68 heavy (non-hydrogen) atoms. The highest BCUT2D eigenvalue weighted by Crippen LogP contribution is 2.35. The van der Waals surface area contributed by atoms with Gasteiger partial charge in [-0.25, -0.2) is 44.5 Å². The second-order valence-electron chi connectivity index (χ2n) is 14.5. The minimum absolute atomic E-state index is 0.169. The van der Waals surface area contributed by atoms with Crippen LogP contribution in [0.2, 0.25) is 0 Å². The molecule has 0 N–H and O–H groups in total. The van der Waals surface area contributed by atoms with Crippen LogP contribution in [0.5, 0.6) is 0 Å². The maximum Gasteiger partial charge on any atom is 0.347 e. The number of hydrogen-bond acceptors (Lipinski definition) is 19. The van der Waals surface area contributed by atoms with Crippen molar-refractivity contribution in [3.63, 3.8) is 0 Å². The van der Waals surface area contributed by atoms with E-state index in [2.05, 4.69) is 61.4 Å². The third-order valence-electron chi connectivity index (χ3n) is 10.2. The smallest absolute Gasteiger partial charge is 0.347 e. The lowest BCUT2D eigenvalue weighted by Gasteiger charge is -2.15. The third-order valence-corrected chi connectivity index (χ3v) is 12.3. The average Bonchev–Trinajstić information content (AvgIpc) is 4.09. The van der Waals surface area contributed by atoms with Crippen molar-refractivity contribution in [2.45, 2.75) is 6.92 Å². The van der Waals surface area contributed by atoms with Gasteiger partial charge in [-0.3, -0.25) is 9.97 Å². The molecule has 328 valence electrons. The zero-order chi connectivity index (χ0) is 46.1. The summed E-state index contributed by atoms with van der Waals surface area (Å²) >= 11 is 2.67. The minimum Gasteiger partial charge on any atom is -0.436 e. The van der Waals surface area contributed by atoms with Crippen molar-refractivity contribution in [3.8, 4) is 54.8 Å². The molecule has 0 saturated carbocycles. The fraction of sp³-hybridized carbons (Fsp3) is 0.0408. The Morgan fingerprint density at radius 1 is 0.574 bits per heavy atom. The highest BCUT2D eigenvalue weighted by atomic mass is 32.1. The Morgan fingerprint density at radius 3 is 1.74 bits per heavy atom. The fourth-order valence-electron chi connectivity index (χ4n) is 7.05. The van der Waals surface area contributed by atoms with Crippen molar-refractivity contribution in [1.82, 2.24) is 44.9 Å². The molecule has 19 heteroatoms. The van der Waals surface area contributed by atoms with E-state index in [0.29, 0.717) is 83.9 Å². The number of thiophene rings is 2. The molecule has 0 spiro atoms. The first-order chi connectivity index (χ1) is 33.3. The summed E-state index contributed by atoms with van der Waals surface area (Å²) < 4.78 is 22.7. The quantitative estimate of drug-likeness (QED) is 0.145. The van der Waals surface area contributed by atoms with Gasteiger partial charge in [-0.1, -0.05) is 30.8 Å². The molecule has 10 heterocycles. The van der Waals surface area contributed by atoms with Gasteiger partial charge in [-0.15, -0.1) is 22.7 Å². The SMILES string of the molecule is C=C1OC(c2ccc(-c3nc4nccnc4c(=NCC)o3)s2)=Nc2nccnc21.O=c1oc(-c2ccc(-c3nc4cc(-c5ccccn5)ccc4c(=O)o3)s2)nc2cc(-c3ccccn3)ccc12. The van der Waals surface area contributed by atoms with Crippen LogP contribution in [0.3, 0.4) is 0 Å². The van der Waals surface area contributed by atoms with E-state index in [1.807, 2.05) is 79.7 Å². The van der Waals surface area contributed by atoms with Crippen LogP contribution in [0, 0.1) is 0 Å². The lowest BCUT2D eigenvalue weighted by atomic mass is 10.1. The van der Waals surface area contributed by atoms with Crippen LogP contribution in [0.25, 0.3) is 93.5 Å². The molecule has 0 atom stereocenters. The molecule has 0 bridgehead atoms. The molecular weight excluding hydrogens is 903 g/mol. The molecule has 0 aliphatic carbocycles. The maximum absolute atomic E-state index is 12.7. The van der Waals surface area contributed by atoms with Gasteiger partial charge in [0.25, 0.3) is 0 Å². The molecule has 0 fully saturated rings. The van der Waals surface area contributed by atoms with Gasteiger partial charge in [0.1, 0.15) is 5.69 Å². The van der Waals surface area contributed by atoms with E-state index in [-0.39, 0.29) is 11.8 Å². The first-order valence-electron chi connectivity index (χ1n) is 20.7. The van der Waals surface area contributed by atoms with Crippen LogP contribution >= 0.6 is 22.7 Å². The number of rotatable bonds is 7. The van der Waals surface area contributed by atoms with Crippen molar-refractivity contribution in [2.75, 3.05) is 6.54 Å². The number of ether oxygens (including phenoxy) is 1. The molecular formula is C49H29N11O6S2. The molecule has 0 unspecified atom stereocenters. The van der Waals surface area contributed by atoms with Gasteiger partial charge in [0.05, 0.1) is 52.7 Å². The van der Waals surface area contributed by atoms with Crippen molar-refractivity contribution >= 4 is 73.1 Å². The molecule has 9 aromatic heterocycles. The lowest BCUT2D eigenvalue weighted by Crippen LogP contribution is -2.10. The second-order valence-corrected chi connectivity index (χ2v) is 16.7. The van der Waals surface area contributed by atoms with E-state index in [0.717, 1.165) is 32.3 Å². The van der Waals surface area contributed by atoms with Gasteiger partial charge in [0, 0.05) is 54.9 Å². The van der Waals surface area contributed by atoms with Gasteiger partial charge >= 0.3 is 11.3 Å². The Morgan fingerprint density at radius 2 is 1.13 bits per heavy atom. The van der Waals surface area contributed by atoms with E-state index in [1.165, 1.54) is 22.7 Å². The molecule has 11 aromatic rings. The van der Waals surface area contributed by atoms with Gasteiger partial charge in [0.15, 0.2) is 22.7 Å². The summed E-state index contributed by atoms with van der Waals surface area (Å²) in [5.74, 6) is 2.02. The number of pyridine rings is 2. The molecule has 1 aliphatic heterocycles. The largest absolute Gasteiger partial charge is 0.436 e. The Balaban J connectivity index is 0.000000156. The summed E-state index contributed by atoms with van der Waals surface area (Å²) in [5, 5.41) is 0.752. The number of hydrogen-bond donors (Lipinski definition) is 0. The van der Waals surface area contributed by atoms with Gasteiger partial charge < -0.3 is 18.0 Å². The lowest BCUT2D eigenvalue weighted by molar-refractivity contribution is 0.497. The molecule has 0 radical (unpaired) electrons. The highest BCUT2D eigenvalue weighted by molar-refractivity contribution is 7.18. The van der Waals surface area contributed by atoms with E-state index < -0.39 is 11.3 Å². The van der Waals surface area contributed by atoms with E-state index in [1.54, 1.807) is 61.4 Å². The molecule has 12 rings (SSSR count). The Kier molecular flexibility index (Phi) is 10.8. The Hall–Kier alpha value is -9.07. The molecule has 17 nitrogen and oxygen atoms in total. The van der Waals surface area contributed by atoms with Crippen LogP contribution in [0.1, 0.15) is 17.5 Å². The van der Waals surface area contributed by atoms with Gasteiger partial charge in [0.2, 0.25) is 29.1 Å². The maximum atomic E-state index is 12.7. The standard InChI is InChI=1S/C30H16N4O4S.C19H13N7O2S/c35-29-19-9-7-17(21-5-1-3-13-31-21)15-23(19)33-27(37-29)25-11-12-26(39-25)28-34-24-16-18(22-6-2-4-14-32-22)8-10-20(24)30(36)38-28;1-3-20-19-14-16(24-9-7-22-14)26-18(28-19)12-5-4-11(29-12)17-25-15-13(10(2)27-17)21-6-8-23-15/h1-16H;4-9H,2-3H2,1H3. The van der Waals surface area contributed by atoms with Crippen LogP contribution in [-0.2, 0) is 4.74 Å². The highest BCUT2D eigenvalue weighted by Gasteiger charge is 2.23. The topological polar surface area (TPSA) is 224 Å². The third kappa shape index (κ3) is 8.14. The summed E-state index contributed by atoms with van der Waals surface area (Å²) in [5.41, 5.74) is 5.18. The monoisotopic (exact) mass is 931 g/mol. The number of benzene rings is 2. The predicted octanol–water partition coefficient (Wildman–Crippen LogP) is 9.34. The Bertz CT molecular complexity index is 3830. The second kappa shape index (κ2) is 17.7. The van der Waals surface area contributed by atoms with Crippen LogP contribution < -0.4 is 16.8 Å². The minimum atomic E-state index is -0.491. The first kappa shape index (κ1) is 41.6.